The highest BCUT2D eigenvalue weighted by atomic mass is 16.5. The van der Waals surface area contributed by atoms with Crippen LogP contribution in [0.15, 0.2) is 0 Å². The predicted octanol–water partition coefficient (Wildman–Crippen LogP) is 0.283. The van der Waals surface area contributed by atoms with E-state index in [-0.39, 0.29) is 18.4 Å². The van der Waals surface area contributed by atoms with Gasteiger partial charge in [0, 0.05) is 12.8 Å². The number of Topliss-reactive ketones (excluding diaryl/α,β-unsaturated/α-hetero) is 1. The van der Waals surface area contributed by atoms with Crippen molar-refractivity contribution in [1.82, 2.24) is 0 Å². The molecule has 0 saturated carbocycles. The van der Waals surface area contributed by atoms with Gasteiger partial charge in [-0.05, 0) is 6.42 Å². The van der Waals surface area contributed by atoms with Crippen LogP contribution in [0, 0.1) is 0 Å². The fraction of sp³-hybridized carbons (Fsp3) is 0.667. The van der Waals surface area contributed by atoms with Gasteiger partial charge in [-0.25, -0.2) is 0 Å². The van der Waals surface area contributed by atoms with Crippen LogP contribution in [0.1, 0.15) is 19.3 Å². The highest BCUT2D eigenvalue weighted by Gasteiger charge is 2.12. The number of carbonyl (C=O) groups is 2. The van der Waals surface area contributed by atoms with Gasteiger partial charge in [0.1, 0.15) is 6.61 Å². The molecule has 0 atom stereocenters. The summed E-state index contributed by atoms with van der Waals surface area (Å²) in [4.78, 5) is 21.0. The quantitative estimate of drug-likeness (QED) is 0.440. The minimum atomic E-state index is -0.249. The van der Waals surface area contributed by atoms with E-state index < -0.39 is 0 Å². The SMILES string of the molecule is O=C1CCCC(=O)OC1. The summed E-state index contributed by atoms with van der Waals surface area (Å²) in [5.41, 5.74) is 0. The zero-order valence-electron chi connectivity index (χ0n) is 5.05. The van der Waals surface area contributed by atoms with E-state index in [1.54, 1.807) is 0 Å². The molecule has 0 N–H and O–H groups in total. The van der Waals surface area contributed by atoms with Crippen molar-refractivity contribution < 1.29 is 14.3 Å². The summed E-state index contributed by atoms with van der Waals surface area (Å²) in [6.45, 7) is -0.0150. The molecule has 1 fully saturated rings. The van der Waals surface area contributed by atoms with E-state index in [2.05, 4.69) is 4.74 Å². The van der Waals surface area contributed by atoms with Gasteiger partial charge in [0.05, 0.1) is 0 Å². The van der Waals surface area contributed by atoms with Crippen LogP contribution in [-0.2, 0) is 14.3 Å². The van der Waals surface area contributed by atoms with Crippen molar-refractivity contribution in [2.24, 2.45) is 0 Å². The molecule has 1 aliphatic rings. The smallest absolute Gasteiger partial charge is 0.306 e. The van der Waals surface area contributed by atoms with E-state index in [0.29, 0.717) is 19.3 Å². The first-order valence-corrected chi connectivity index (χ1v) is 2.96. The van der Waals surface area contributed by atoms with Crippen molar-refractivity contribution in [2.45, 2.75) is 19.3 Å². The van der Waals surface area contributed by atoms with Crippen molar-refractivity contribution in [3.8, 4) is 0 Å². The van der Waals surface area contributed by atoms with E-state index in [1.165, 1.54) is 0 Å². The van der Waals surface area contributed by atoms with Crippen molar-refractivity contribution in [1.29, 1.82) is 0 Å². The molecule has 0 unspecified atom stereocenters. The number of carbonyl (C=O) groups excluding carboxylic acids is 2. The van der Waals surface area contributed by atoms with Crippen molar-refractivity contribution in [2.75, 3.05) is 6.61 Å². The summed E-state index contributed by atoms with van der Waals surface area (Å²) in [7, 11) is 0. The number of cyclic esters (lactones) is 1. The first-order valence-electron chi connectivity index (χ1n) is 2.96. The maximum Gasteiger partial charge on any atom is 0.306 e. The highest BCUT2D eigenvalue weighted by Crippen LogP contribution is 2.03. The van der Waals surface area contributed by atoms with Gasteiger partial charge in [0.2, 0.25) is 0 Å². The molecule has 9 heavy (non-hydrogen) atoms. The van der Waals surface area contributed by atoms with E-state index >= 15 is 0 Å². The van der Waals surface area contributed by atoms with Gasteiger partial charge in [-0.1, -0.05) is 0 Å². The lowest BCUT2D eigenvalue weighted by molar-refractivity contribution is -0.145. The third-order valence-corrected chi connectivity index (χ3v) is 1.23. The standard InChI is InChI=1S/C6H8O3/c7-5-2-1-3-6(8)9-4-5/h1-4H2. The Labute approximate surface area is 53.0 Å². The van der Waals surface area contributed by atoms with Crippen LogP contribution >= 0.6 is 0 Å². The fourth-order valence-electron chi connectivity index (χ4n) is 0.735. The van der Waals surface area contributed by atoms with Crippen LogP contribution in [0.2, 0.25) is 0 Å². The maximum absolute atomic E-state index is 10.6. The lowest BCUT2D eigenvalue weighted by Gasteiger charge is -1.93. The van der Waals surface area contributed by atoms with Gasteiger partial charge < -0.3 is 4.74 Å². The molecule has 0 aromatic rings. The minimum Gasteiger partial charge on any atom is -0.458 e. The summed E-state index contributed by atoms with van der Waals surface area (Å²) in [5.74, 6) is -0.221. The number of rotatable bonds is 0. The first-order chi connectivity index (χ1) is 4.29. The number of hydrogen-bond donors (Lipinski definition) is 0. The Bertz CT molecular complexity index is 123. The Morgan fingerprint density at radius 2 is 2.00 bits per heavy atom. The van der Waals surface area contributed by atoms with E-state index in [0.717, 1.165) is 0 Å². The summed E-state index contributed by atoms with van der Waals surface area (Å²) in [5, 5.41) is 0. The normalized spacial score (nSPS) is 20.9. The molecule has 0 radical (unpaired) electrons. The molecule has 3 nitrogen and oxygen atoms in total. The van der Waals surface area contributed by atoms with Crippen LogP contribution in [0.25, 0.3) is 0 Å². The topological polar surface area (TPSA) is 43.4 Å². The van der Waals surface area contributed by atoms with Crippen LogP contribution in [-0.4, -0.2) is 18.4 Å². The van der Waals surface area contributed by atoms with Crippen LogP contribution in [0.4, 0.5) is 0 Å². The summed E-state index contributed by atoms with van der Waals surface area (Å²) < 4.78 is 4.53. The highest BCUT2D eigenvalue weighted by molar-refractivity contribution is 5.84. The molecule has 1 aliphatic heterocycles. The van der Waals surface area contributed by atoms with Gasteiger partial charge in [0.25, 0.3) is 0 Å². The molecule has 1 heterocycles. The van der Waals surface area contributed by atoms with E-state index in [1.807, 2.05) is 0 Å². The van der Waals surface area contributed by atoms with Gasteiger partial charge in [-0.3, -0.25) is 9.59 Å². The fourth-order valence-corrected chi connectivity index (χ4v) is 0.735. The van der Waals surface area contributed by atoms with Crippen molar-refractivity contribution >= 4 is 11.8 Å². The zero-order valence-corrected chi connectivity index (χ0v) is 5.05. The predicted molar refractivity (Wildman–Crippen MR) is 29.8 cm³/mol. The van der Waals surface area contributed by atoms with Gasteiger partial charge >= 0.3 is 5.97 Å². The van der Waals surface area contributed by atoms with Gasteiger partial charge in [-0.2, -0.15) is 0 Å². The first kappa shape index (κ1) is 6.26. The molecule has 0 amide bonds. The molecule has 0 aromatic heterocycles. The average molecular weight is 128 g/mol. The zero-order chi connectivity index (χ0) is 6.69. The largest absolute Gasteiger partial charge is 0.458 e. The third-order valence-electron chi connectivity index (χ3n) is 1.23. The average Bonchev–Trinajstić information content (AvgIpc) is 1.97. The second kappa shape index (κ2) is 2.62. The molecule has 1 saturated heterocycles. The number of ketones is 1. The van der Waals surface area contributed by atoms with Crippen molar-refractivity contribution in [3.05, 3.63) is 0 Å². The Balaban J connectivity index is 2.43. The molecule has 0 bridgehead atoms. The summed E-state index contributed by atoms with van der Waals surface area (Å²) in [6.07, 6.45) is 1.54. The molecule has 0 aliphatic carbocycles. The number of hydrogen-bond acceptors (Lipinski definition) is 3. The van der Waals surface area contributed by atoms with Crippen LogP contribution in [0.5, 0.6) is 0 Å². The molecule has 0 aromatic carbocycles. The van der Waals surface area contributed by atoms with E-state index in [4.69, 9.17) is 0 Å². The second-order valence-electron chi connectivity index (χ2n) is 2.05. The Hall–Kier alpha value is -0.860. The van der Waals surface area contributed by atoms with Gasteiger partial charge in [0.15, 0.2) is 5.78 Å². The van der Waals surface area contributed by atoms with Crippen molar-refractivity contribution in [3.63, 3.8) is 0 Å². The van der Waals surface area contributed by atoms with Gasteiger partial charge in [-0.15, -0.1) is 0 Å². The van der Waals surface area contributed by atoms with Crippen LogP contribution < -0.4 is 0 Å². The number of esters is 1. The maximum atomic E-state index is 10.6. The molecular weight excluding hydrogens is 120 g/mol. The molecular formula is C6H8O3. The minimum absolute atomic E-state index is 0.0150. The molecule has 0 spiro atoms. The Morgan fingerprint density at radius 1 is 1.22 bits per heavy atom. The Kier molecular flexibility index (Phi) is 1.82. The second-order valence-corrected chi connectivity index (χ2v) is 2.05. The van der Waals surface area contributed by atoms with Crippen LogP contribution in [0.3, 0.4) is 0 Å². The lowest BCUT2D eigenvalue weighted by Crippen LogP contribution is -2.07. The summed E-state index contributed by atoms with van der Waals surface area (Å²) >= 11 is 0. The monoisotopic (exact) mass is 128 g/mol. The summed E-state index contributed by atoms with van der Waals surface area (Å²) in [6, 6.07) is 0. The Morgan fingerprint density at radius 3 is 2.78 bits per heavy atom. The molecule has 50 valence electrons. The molecule has 3 heteroatoms. The molecule has 1 rings (SSSR count). The number of ether oxygens (including phenoxy) is 1. The third kappa shape index (κ3) is 1.83. The lowest BCUT2D eigenvalue weighted by atomic mass is 10.2. The van der Waals surface area contributed by atoms with E-state index in [9.17, 15) is 9.59 Å².